The van der Waals surface area contributed by atoms with Gasteiger partial charge in [-0.3, -0.25) is 9.59 Å². The number of oxazole rings is 1. The number of carbonyl (C=O) groups is 2. The lowest BCUT2D eigenvalue weighted by atomic mass is 10.1. The smallest absolute Gasteiger partial charge is 0.387 e. The Morgan fingerprint density at radius 1 is 1.35 bits per heavy atom. The van der Waals surface area contributed by atoms with Crippen molar-refractivity contribution in [2.45, 2.75) is 45.4 Å². The molecule has 1 aliphatic carbocycles. The molecule has 1 aliphatic heterocycles. The number of alkyl halides is 2. The van der Waals surface area contributed by atoms with Crippen LogP contribution in [0.4, 0.5) is 8.78 Å². The summed E-state index contributed by atoms with van der Waals surface area (Å²) in [5.41, 5.74) is 6.70. The van der Waals surface area contributed by atoms with Crippen molar-refractivity contribution in [2.75, 3.05) is 33.4 Å². The maximum absolute atomic E-state index is 13.1. The highest BCUT2D eigenvalue weighted by molar-refractivity contribution is 5.94. The quantitative estimate of drug-likeness (QED) is 0.454. The molecule has 13 heteroatoms. The highest BCUT2D eigenvalue weighted by atomic mass is 35.5. The first kappa shape index (κ1) is 30.3. The molecule has 2 aliphatic rings. The number of methoxy groups -OCH3 is 1. The molecule has 0 radical (unpaired) electrons. The molecule has 0 bridgehead atoms. The number of aromatic nitrogens is 1. The van der Waals surface area contributed by atoms with Gasteiger partial charge in [-0.15, -0.1) is 12.4 Å². The predicted octanol–water partition coefficient (Wildman–Crippen LogP) is 3.40. The molecule has 2 fully saturated rings. The van der Waals surface area contributed by atoms with E-state index >= 15 is 0 Å². The first-order valence-corrected chi connectivity index (χ1v) is 11.7. The Morgan fingerprint density at radius 3 is 2.62 bits per heavy atom. The summed E-state index contributed by atoms with van der Waals surface area (Å²) in [6.45, 7) is 3.35. The van der Waals surface area contributed by atoms with Gasteiger partial charge in [0.15, 0.2) is 23.0 Å². The van der Waals surface area contributed by atoms with Gasteiger partial charge in [-0.25, -0.2) is 4.98 Å². The van der Waals surface area contributed by atoms with Gasteiger partial charge in [0.05, 0.1) is 19.8 Å². The summed E-state index contributed by atoms with van der Waals surface area (Å²) in [6, 6.07) is 4.09. The molecule has 3 N–H and O–H groups in total. The van der Waals surface area contributed by atoms with Crippen LogP contribution in [0.15, 0.2) is 22.6 Å². The molecule has 10 nitrogen and oxygen atoms in total. The van der Waals surface area contributed by atoms with E-state index in [1.165, 1.54) is 19.2 Å². The Morgan fingerprint density at radius 2 is 2.05 bits per heavy atom. The van der Waals surface area contributed by atoms with E-state index in [-0.39, 0.29) is 53.2 Å². The van der Waals surface area contributed by atoms with Crippen LogP contribution >= 0.6 is 12.4 Å². The van der Waals surface area contributed by atoms with Crippen molar-refractivity contribution in [1.29, 1.82) is 0 Å². The molecular formula is C24H33ClF2N4O6. The second-order valence-electron chi connectivity index (χ2n) is 8.75. The Hall–Kier alpha value is -2.96. The average molecular weight is 547 g/mol. The van der Waals surface area contributed by atoms with Gasteiger partial charge in [0.25, 0.3) is 12.4 Å². The van der Waals surface area contributed by atoms with Crippen LogP contribution in [-0.4, -0.2) is 68.3 Å². The first-order chi connectivity index (χ1) is 17.2. The van der Waals surface area contributed by atoms with Crippen LogP contribution in [0.1, 0.15) is 49.0 Å². The summed E-state index contributed by atoms with van der Waals surface area (Å²) in [5.74, 6) is 0.750. The van der Waals surface area contributed by atoms with E-state index in [0.717, 1.165) is 12.8 Å². The Kier molecular flexibility index (Phi) is 11.5. The van der Waals surface area contributed by atoms with E-state index in [1.807, 2.05) is 6.92 Å². The van der Waals surface area contributed by atoms with Crippen molar-refractivity contribution in [2.24, 2.45) is 11.7 Å². The molecule has 4 rings (SSSR count). The lowest BCUT2D eigenvalue weighted by molar-refractivity contribution is -0.126. The summed E-state index contributed by atoms with van der Waals surface area (Å²) >= 11 is 0. The number of amides is 1. The number of hydrogen-bond donors (Lipinski definition) is 2. The molecular weight excluding hydrogens is 514 g/mol. The number of carbonyl (C=O) groups excluding carboxylic acids is 2. The molecule has 1 aromatic heterocycles. The third-order valence-corrected chi connectivity index (χ3v) is 5.60. The summed E-state index contributed by atoms with van der Waals surface area (Å²) in [4.78, 5) is 28.2. The fraction of sp³-hybridized carbons (Fsp3) is 0.542. The highest BCUT2D eigenvalue weighted by Crippen LogP contribution is 2.37. The SMILES string of the molecule is CC1CN(C(=O)c2nc(-c3ccc(OC(F)F)c(OCC4CC4)c3)oc2C(C)N)CCN1.COC=O.Cl. The number of halogens is 3. The van der Waals surface area contributed by atoms with Crippen LogP contribution in [0.5, 0.6) is 11.5 Å². The second-order valence-corrected chi connectivity index (χ2v) is 8.75. The first-order valence-electron chi connectivity index (χ1n) is 11.7. The van der Waals surface area contributed by atoms with Gasteiger partial charge in [-0.05, 0) is 50.8 Å². The fourth-order valence-electron chi connectivity index (χ4n) is 3.62. The van der Waals surface area contributed by atoms with Gasteiger partial charge in [-0.1, -0.05) is 0 Å². The topological polar surface area (TPSA) is 129 Å². The summed E-state index contributed by atoms with van der Waals surface area (Å²) in [5, 5.41) is 3.29. The monoisotopic (exact) mass is 546 g/mol. The van der Waals surface area contributed by atoms with Gasteiger partial charge < -0.3 is 34.6 Å². The molecule has 1 amide bonds. The molecule has 2 unspecified atom stereocenters. The number of nitrogens with two attached hydrogens (primary N) is 1. The standard InChI is InChI=1S/C22H28F2N4O4.C2H4O2.ClH/c1-12-10-28(8-7-26-12)21(29)18-19(13(2)25)32-20(27-18)15-5-6-16(31-22(23)24)17(9-15)30-11-14-3-4-14;1-4-2-3;/h5-6,9,12-14,22,26H,3-4,7-8,10-11,25H2,1-2H3;2H,1H3;1H. The normalized spacial score (nSPS) is 17.7. The zero-order valence-corrected chi connectivity index (χ0v) is 21.8. The summed E-state index contributed by atoms with van der Waals surface area (Å²) < 4.78 is 45.7. The van der Waals surface area contributed by atoms with Crippen LogP contribution in [0.25, 0.3) is 11.5 Å². The van der Waals surface area contributed by atoms with Gasteiger partial charge in [0, 0.05) is 31.2 Å². The van der Waals surface area contributed by atoms with Crippen LogP contribution in [-0.2, 0) is 9.53 Å². The van der Waals surface area contributed by atoms with Gasteiger partial charge >= 0.3 is 6.61 Å². The molecule has 0 spiro atoms. The number of ether oxygens (including phenoxy) is 3. The maximum atomic E-state index is 13.1. The Balaban J connectivity index is 0.000000898. The van der Waals surface area contributed by atoms with Crippen molar-refractivity contribution in [3.8, 4) is 23.0 Å². The minimum Gasteiger partial charge on any atom is -0.489 e. The largest absolute Gasteiger partial charge is 0.489 e. The van der Waals surface area contributed by atoms with E-state index in [4.69, 9.17) is 19.7 Å². The lowest BCUT2D eigenvalue weighted by Gasteiger charge is -2.31. The third-order valence-electron chi connectivity index (χ3n) is 5.60. The summed E-state index contributed by atoms with van der Waals surface area (Å²) in [7, 11) is 1.31. The maximum Gasteiger partial charge on any atom is 0.387 e. The number of benzene rings is 1. The Bertz CT molecular complexity index is 1030. The van der Waals surface area contributed by atoms with Gasteiger partial charge in [-0.2, -0.15) is 8.78 Å². The van der Waals surface area contributed by atoms with Crippen LogP contribution in [0, 0.1) is 5.92 Å². The van der Waals surface area contributed by atoms with E-state index in [0.29, 0.717) is 44.2 Å². The molecule has 2 heterocycles. The van der Waals surface area contributed by atoms with E-state index in [2.05, 4.69) is 19.8 Å². The van der Waals surface area contributed by atoms with Crippen LogP contribution in [0.2, 0.25) is 0 Å². The molecule has 2 aromatic rings. The van der Waals surface area contributed by atoms with E-state index in [9.17, 15) is 13.6 Å². The van der Waals surface area contributed by atoms with Crippen LogP contribution in [0.3, 0.4) is 0 Å². The minimum absolute atomic E-state index is 0. The molecule has 1 saturated carbocycles. The van der Waals surface area contributed by atoms with Crippen molar-refractivity contribution in [1.82, 2.24) is 15.2 Å². The number of piperazine rings is 1. The molecule has 206 valence electrons. The zero-order chi connectivity index (χ0) is 26.2. The van der Waals surface area contributed by atoms with Crippen molar-refractivity contribution in [3.63, 3.8) is 0 Å². The fourth-order valence-corrected chi connectivity index (χ4v) is 3.62. The van der Waals surface area contributed by atoms with Gasteiger partial charge in [0.2, 0.25) is 5.89 Å². The van der Waals surface area contributed by atoms with E-state index < -0.39 is 12.7 Å². The highest BCUT2D eigenvalue weighted by Gasteiger charge is 2.30. The predicted molar refractivity (Wildman–Crippen MR) is 133 cm³/mol. The number of nitrogens with one attached hydrogen (secondary N) is 1. The third kappa shape index (κ3) is 8.54. The summed E-state index contributed by atoms with van der Waals surface area (Å²) in [6.07, 6.45) is 2.11. The van der Waals surface area contributed by atoms with E-state index in [1.54, 1.807) is 17.9 Å². The van der Waals surface area contributed by atoms with Crippen molar-refractivity contribution < 1.29 is 37.0 Å². The van der Waals surface area contributed by atoms with Gasteiger partial charge in [0.1, 0.15) is 0 Å². The Labute approximate surface area is 220 Å². The minimum atomic E-state index is -2.97. The van der Waals surface area contributed by atoms with Crippen LogP contribution < -0.4 is 20.5 Å². The van der Waals surface area contributed by atoms with Crippen molar-refractivity contribution in [3.05, 3.63) is 29.7 Å². The number of nitrogens with zero attached hydrogens (tertiary/aromatic N) is 2. The molecule has 1 saturated heterocycles. The number of rotatable bonds is 9. The number of hydrogen-bond acceptors (Lipinski definition) is 9. The molecule has 37 heavy (non-hydrogen) atoms. The molecule has 1 aromatic carbocycles. The second kappa shape index (κ2) is 14.1. The average Bonchev–Trinajstić information content (AvgIpc) is 3.58. The zero-order valence-electron chi connectivity index (χ0n) is 20.9. The van der Waals surface area contributed by atoms with Crippen molar-refractivity contribution >= 4 is 24.8 Å². The molecule has 2 atom stereocenters. The lowest BCUT2D eigenvalue weighted by Crippen LogP contribution is -2.51.